The maximum atomic E-state index is 12.3. The molecule has 0 saturated carbocycles. The van der Waals surface area contributed by atoms with Gasteiger partial charge in [-0.3, -0.25) is 10.2 Å². The molecule has 1 amide bonds. The van der Waals surface area contributed by atoms with Gasteiger partial charge in [0, 0.05) is 5.56 Å². The molecule has 11 heavy (non-hydrogen) atoms. The SMILES string of the molecule is NNC(=O)c1[c]cc(F)cc1. The van der Waals surface area contributed by atoms with E-state index in [2.05, 4.69) is 6.07 Å². The highest BCUT2D eigenvalue weighted by atomic mass is 19.1. The molecule has 0 aliphatic rings. The summed E-state index contributed by atoms with van der Waals surface area (Å²) in [5.41, 5.74) is 2.12. The van der Waals surface area contributed by atoms with Gasteiger partial charge in [0.25, 0.3) is 5.91 Å². The summed E-state index contributed by atoms with van der Waals surface area (Å²) in [6, 6.07) is 5.97. The topological polar surface area (TPSA) is 55.1 Å². The molecule has 0 bridgehead atoms. The van der Waals surface area contributed by atoms with Gasteiger partial charge in [0.1, 0.15) is 5.82 Å². The highest BCUT2D eigenvalue weighted by molar-refractivity contribution is 5.93. The fraction of sp³-hybridized carbons (Fsp3) is 0. The third kappa shape index (κ3) is 1.75. The molecule has 1 aromatic carbocycles. The first-order valence-corrected chi connectivity index (χ1v) is 2.92. The first-order valence-electron chi connectivity index (χ1n) is 2.92. The van der Waals surface area contributed by atoms with Gasteiger partial charge in [-0.05, 0) is 24.3 Å². The van der Waals surface area contributed by atoms with E-state index in [4.69, 9.17) is 5.84 Å². The van der Waals surface area contributed by atoms with Crippen LogP contribution in [0.2, 0.25) is 0 Å². The number of halogens is 1. The minimum atomic E-state index is -0.481. The van der Waals surface area contributed by atoms with Crippen LogP contribution in [0.1, 0.15) is 10.4 Å². The predicted octanol–water partition coefficient (Wildman–Crippen LogP) is 0.229. The van der Waals surface area contributed by atoms with E-state index in [1.54, 1.807) is 0 Å². The van der Waals surface area contributed by atoms with E-state index in [1.807, 2.05) is 5.43 Å². The summed E-state index contributed by atoms with van der Waals surface area (Å²) >= 11 is 0. The van der Waals surface area contributed by atoms with Gasteiger partial charge in [0.15, 0.2) is 0 Å². The summed E-state index contributed by atoms with van der Waals surface area (Å²) in [6.07, 6.45) is 0. The first-order chi connectivity index (χ1) is 5.24. The summed E-state index contributed by atoms with van der Waals surface area (Å²) in [4.78, 5) is 10.7. The van der Waals surface area contributed by atoms with Gasteiger partial charge in [0.2, 0.25) is 0 Å². The van der Waals surface area contributed by atoms with Gasteiger partial charge in [-0.2, -0.15) is 0 Å². The molecule has 1 radical (unpaired) electrons. The monoisotopic (exact) mass is 153 g/mol. The number of benzene rings is 1. The molecule has 0 aliphatic heterocycles. The lowest BCUT2D eigenvalue weighted by Gasteiger charge is -1.96. The number of rotatable bonds is 1. The number of carbonyl (C=O) groups excluding carboxylic acids is 1. The molecule has 3 nitrogen and oxygen atoms in total. The fourth-order valence-corrected chi connectivity index (χ4v) is 0.625. The van der Waals surface area contributed by atoms with Gasteiger partial charge >= 0.3 is 0 Å². The maximum Gasteiger partial charge on any atom is 0.265 e. The lowest BCUT2D eigenvalue weighted by Crippen LogP contribution is -2.29. The molecule has 3 N–H and O–H groups in total. The van der Waals surface area contributed by atoms with Crippen molar-refractivity contribution in [3.63, 3.8) is 0 Å². The van der Waals surface area contributed by atoms with Crippen LogP contribution in [0.25, 0.3) is 0 Å². The van der Waals surface area contributed by atoms with Crippen LogP contribution in [0, 0.1) is 11.9 Å². The Morgan fingerprint density at radius 1 is 1.64 bits per heavy atom. The Morgan fingerprint density at radius 3 is 2.82 bits per heavy atom. The van der Waals surface area contributed by atoms with Gasteiger partial charge in [0.05, 0.1) is 0 Å². The fourth-order valence-electron chi connectivity index (χ4n) is 0.625. The Hall–Kier alpha value is -1.42. The highest BCUT2D eigenvalue weighted by Crippen LogP contribution is 2.00. The van der Waals surface area contributed by atoms with E-state index >= 15 is 0 Å². The zero-order valence-electron chi connectivity index (χ0n) is 5.60. The lowest BCUT2D eigenvalue weighted by atomic mass is 10.2. The molecular weight excluding hydrogens is 147 g/mol. The zero-order valence-corrected chi connectivity index (χ0v) is 5.60. The standard InChI is InChI=1S/C7H6FN2O/c8-6-3-1-5(2-4-6)7(11)10-9/h1,3-4H,9H2,(H,10,11). The van der Waals surface area contributed by atoms with E-state index in [1.165, 1.54) is 12.1 Å². The third-order valence-electron chi connectivity index (χ3n) is 1.15. The van der Waals surface area contributed by atoms with Gasteiger partial charge in [-0.1, -0.05) is 0 Å². The third-order valence-corrected chi connectivity index (χ3v) is 1.15. The first kappa shape index (κ1) is 7.68. The average Bonchev–Trinajstić information content (AvgIpc) is 2.05. The van der Waals surface area contributed by atoms with Crippen molar-refractivity contribution in [1.82, 2.24) is 5.43 Å². The van der Waals surface area contributed by atoms with Crippen molar-refractivity contribution >= 4 is 5.91 Å². The van der Waals surface area contributed by atoms with Crippen LogP contribution in [0.5, 0.6) is 0 Å². The molecular formula is C7H6FN2O. The largest absolute Gasteiger partial charge is 0.290 e. The molecule has 0 fully saturated rings. The van der Waals surface area contributed by atoms with Crippen LogP contribution < -0.4 is 11.3 Å². The lowest BCUT2D eigenvalue weighted by molar-refractivity contribution is 0.0953. The molecule has 4 heteroatoms. The second kappa shape index (κ2) is 3.12. The minimum Gasteiger partial charge on any atom is -0.290 e. The van der Waals surface area contributed by atoms with Crippen LogP contribution in [0.4, 0.5) is 4.39 Å². The summed E-state index contributed by atoms with van der Waals surface area (Å²) in [7, 11) is 0. The van der Waals surface area contributed by atoms with Gasteiger partial charge < -0.3 is 0 Å². The normalized spacial score (nSPS) is 9.27. The number of amides is 1. The highest BCUT2D eigenvalue weighted by Gasteiger charge is 2.01. The number of hydrogen-bond donors (Lipinski definition) is 2. The van der Waals surface area contributed by atoms with Crippen molar-refractivity contribution in [3.8, 4) is 0 Å². The van der Waals surface area contributed by atoms with E-state index in [-0.39, 0.29) is 5.56 Å². The summed E-state index contributed by atoms with van der Waals surface area (Å²) in [6.45, 7) is 0. The molecule has 0 saturated heterocycles. The van der Waals surface area contributed by atoms with Crippen LogP contribution in [-0.4, -0.2) is 5.91 Å². The Labute approximate surface area is 63.0 Å². The van der Waals surface area contributed by atoms with Crippen molar-refractivity contribution in [2.75, 3.05) is 0 Å². The second-order valence-corrected chi connectivity index (χ2v) is 1.89. The number of carbonyl (C=O) groups is 1. The van der Waals surface area contributed by atoms with Gasteiger partial charge in [-0.25, -0.2) is 10.2 Å². The summed E-state index contributed by atoms with van der Waals surface area (Å²) in [5.74, 6) is 3.92. The average molecular weight is 153 g/mol. The van der Waals surface area contributed by atoms with E-state index in [0.717, 1.165) is 6.07 Å². The van der Waals surface area contributed by atoms with Crippen LogP contribution in [0.15, 0.2) is 18.2 Å². The smallest absolute Gasteiger partial charge is 0.265 e. The van der Waals surface area contributed by atoms with Crippen molar-refractivity contribution < 1.29 is 9.18 Å². The van der Waals surface area contributed by atoms with Crippen LogP contribution in [-0.2, 0) is 0 Å². The quantitative estimate of drug-likeness (QED) is 0.344. The van der Waals surface area contributed by atoms with Crippen molar-refractivity contribution in [2.45, 2.75) is 0 Å². The number of nitrogen functional groups attached to an aromatic ring is 1. The molecule has 0 aliphatic carbocycles. The molecule has 1 aromatic rings. The Morgan fingerprint density at radius 2 is 2.36 bits per heavy atom. The number of hydrogen-bond acceptors (Lipinski definition) is 2. The van der Waals surface area contributed by atoms with Crippen molar-refractivity contribution in [3.05, 3.63) is 35.6 Å². The Bertz CT molecular complexity index is 258. The van der Waals surface area contributed by atoms with Crippen molar-refractivity contribution in [1.29, 1.82) is 0 Å². The summed E-state index contributed by atoms with van der Waals surface area (Å²) < 4.78 is 12.3. The van der Waals surface area contributed by atoms with Crippen LogP contribution in [0.3, 0.4) is 0 Å². The molecule has 0 aromatic heterocycles. The molecule has 0 heterocycles. The maximum absolute atomic E-state index is 12.3. The van der Waals surface area contributed by atoms with E-state index in [0.29, 0.717) is 0 Å². The minimum absolute atomic E-state index is 0.217. The van der Waals surface area contributed by atoms with E-state index in [9.17, 15) is 9.18 Å². The van der Waals surface area contributed by atoms with Crippen molar-refractivity contribution in [2.24, 2.45) is 5.84 Å². The molecule has 0 spiro atoms. The second-order valence-electron chi connectivity index (χ2n) is 1.89. The number of nitrogens with two attached hydrogens (primary N) is 1. The van der Waals surface area contributed by atoms with Crippen LogP contribution >= 0.6 is 0 Å². The Kier molecular flexibility index (Phi) is 2.18. The predicted molar refractivity (Wildman–Crippen MR) is 36.9 cm³/mol. The number of hydrazine groups is 1. The molecule has 0 unspecified atom stereocenters. The molecule has 57 valence electrons. The number of nitrogens with one attached hydrogen (secondary N) is 1. The van der Waals surface area contributed by atoms with E-state index < -0.39 is 11.7 Å². The summed E-state index contributed by atoms with van der Waals surface area (Å²) in [5, 5.41) is 0. The van der Waals surface area contributed by atoms with Gasteiger partial charge in [-0.15, -0.1) is 0 Å². The molecule has 1 rings (SSSR count). The Balaban J connectivity index is 2.90. The zero-order chi connectivity index (χ0) is 8.27. The molecule has 0 atom stereocenters.